The van der Waals surface area contributed by atoms with Gasteiger partial charge in [0.25, 0.3) is 0 Å². The number of carbonyl (C=O) groups is 1. The number of aliphatic carboxylic acids is 1. The highest BCUT2D eigenvalue weighted by Gasteiger charge is 2.08. The topological polar surface area (TPSA) is 75.3 Å². The molecular weight excluding hydrogens is 156 g/mol. The fourth-order valence-electron chi connectivity index (χ4n) is 0.830. The van der Waals surface area contributed by atoms with Crippen LogP contribution in [0.25, 0.3) is 0 Å². The molecule has 2 atom stereocenters. The summed E-state index contributed by atoms with van der Waals surface area (Å²) in [6.07, 6.45) is 1.86. The lowest BCUT2D eigenvalue weighted by atomic mass is 10.2. The molecule has 0 aliphatic carbocycles. The zero-order valence-corrected chi connectivity index (χ0v) is 7.71. The summed E-state index contributed by atoms with van der Waals surface area (Å²) in [4.78, 5) is 10.3. The Morgan fingerprint density at radius 2 is 2.17 bits per heavy atom. The lowest BCUT2D eigenvalue weighted by molar-refractivity contribution is -0.138. The average molecular weight is 174 g/mol. The van der Waals surface area contributed by atoms with Gasteiger partial charge in [-0.15, -0.1) is 0 Å². The summed E-state index contributed by atoms with van der Waals surface area (Å²) >= 11 is 0. The Balaban J connectivity index is 3.25. The number of carboxylic acid groups (broad SMARTS) is 1. The van der Waals surface area contributed by atoms with E-state index in [1.165, 1.54) is 0 Å². The molecule has 0 aromatic rings. The largest absolute Gasteiger partial charge is 0.480 e. The van der Waals surface area contributed by atoms with Gasteiger partial charge in [0.1, 0.15) is 6.04 Å². The van der Waals surface area contributed by atoms with Crippen molar-refractivity contribution in [2.75, 3.05) is 6.54 Å². The Morgan fingerprint density at radius 3 is 2.58 bits per heavy atom. The van der Waals surface area contributed by atoms with Crippen molar-refractivity contribution in [1.29, 1.82) is 0 Å². The van der Waals surface area contributed by atoms with Crippen LogP contribution in [0.4, 0.5) is 0 Å². The second kappa shape index (κ2) is 5.97. The quantitative estimate of drug-likeness (QED) is 0.502. The van der Waals surface area contributed by atoms with E-state index in [0.717, 1.165) is 19.4 Å². The molecule has 0 aliphatic heterocycles. The number of carboxylic acids is 1. The zero-order valence-electron chi connectivity index (χ0n) is 7.71. The number of rotatable bonds is 6. The summed E-state index contributed by atoms with van der Waals surface area (Å²) in [5.74, 6) is -0.809. The Kier molecular flexibility index (Phi) is 5.66. The average Bonchev–Trinajstić information content (AvgIpc) is 1.97. The van der Waals surface area contributed by atoms with Gasteiger partial charge >= 0.3 is 5.97 Å². The van der Waals surface area contributed by atoms with Crippen LogP contribution in [0, 0.1) is 0 Å². The van der Waals surface area contributed by atoms with E-state index in [1.807, 2.05) is 6.92 Å². The van der Waals surface area contributed by atoms with Crippen LogP contribution in [0.5, 0.6) is 0 Å². The molecule has 72 valence electrons. The summed E-state index contributed by atoms with van der Waals surface area (Å²) < 4.78 is 0. The first-order valence-corrected chi connectivity index (χ1v) is 4.25. The molecule has 12 heavy (non-hydrogen) atoms. The van der Waals surface area contributed by atoms with Crippen molar-refractivity contribution in [2.45, 2.75) is 38.8 Å². The van der Waals surface area contributed by atoms with E-state index in [-0.39, 0.29) is 6.04 Å². The molecule has 4 heteroatoms. The molecule has 0 rings (SSSR count). The molecule has 0 heterocycles. The van der Waals surface area contributed by atoms with Gasteiger partial charge < -0.3 is 16.2 Å². The van der Waals surface area contributed by atoms with Crippen molar-refractivity contribution in [3.8, 4) is 0 Å². The Bertz CT molecular complexity index is 137. The molecule has 2 unspecified atom stereocenters. The van der Waals surface area contributed by atoms with Gasteiger partial charge in [-0.25, -0.2) is 0 Å². The van der Waals surface area contributed by atoms with Crippen LogP contribution in [0.15, 0.2) is 0 Å². The first-order chi connectivity index (χ1) is 5.54. The fraction of sp³-hybridized carbons (Fsp3) is 0.875. The standard InChI is InChI=1S/C8H18N2O2/c1-6(9)4-3-5-10-7(2)8(11)12/h6-7,10H,3-5,9H2,1-2H3,(H,11,12). The maximum Gasteiger partial charge on any atom is 0.320 e. The third-order valence-electron chi connectivity index (χ3n) is 1.66. The maximum absolute atomic E-state index is 10.3. The molecule has 0 saturated heterocycles. The number of nitrogens with one attached hydrogen (secondary N) is 1. The predicted octanol–water partition coefficient (Wildman–Crippen LogP) is 0.177. The molecule has 0 amide bonds. The molecular formula is C8H18N2O2. The molecule has 0 aromatic carbocycles. The van der Waals surface area contributed by atoms with E-state index in [9.17, 15) is 4.79 Å². The minimum absolute atomic E-state index is 0.201. The third kappa shape index (κ3) is 6.12. The minimum atomic E-state index is -0.809. The van der Waals surface area contributed by atoms with E-state index in [2.05, 4.69) is 5.32 Å². The van der Waals surface area contributed by atoms with Crippen LogP contribution >= 0.6 is 0 Å². The summed E-state index contributed by atoms with van der Waals surface area (Å²) in [7, 11) is 0. The van der Waals surface area contributed by atoms with Gasteiger partial charge in [-0.3, -0.25) is 4.79 Å². The van der Waals surface area contributed by atoms with Crippen LogP contribution in [-0.2, 0) is 4.79 Å². The summed E-state index contributed by atoms with van der Waals surface area (Å²) in [6.45, 7) is 4.30. The molecule has 0 aromatic heterocycles. The molecule has 0 spiro atoms. The maximum atomic E-state index is 10.3. The van der Waals surface area contributed by atoms with Crippen molar-refractivity contribution in [2.24, 2.45) is 5.73 Å². The highest BCUT2D eigenvalue weighted by atomic mass is 16.4. The highest BCUT2D eigenvalue weighted by Crippen LogP contribution is 1.92. The van der Waals surface area contributed by atoms with E-state index in [0.29, 0.717) is 0 Å². The molecule has 4 nitrogen and oxygen atoms in total. The highest BCUT2D eigenvalue weighted by molar-refractivity contribution is 5.72. The first kappa shape index (κ1) is 11.4. The second-order valence-electron chi connectivity index (χ2n) is 3.13. The van der Waals surface area contributed by atoms with Crippen LogP contribution in [0.3, 0.4) is 0 Å². The lowest BCUT2D eigenvalue weighted by Gasteiger charge is -2.09. The van der Waals surface area contributed by atoms with Gasteiger partial charge in [-0.1, -0.05) is 0 Å². The van der Waals surface area contributed by atoms with Crippen molar-refractivity contribution in [1.82, 2.24) is 5.32 Å². The molecule has 0 radical (unpaired) electrons. The van der Waals surface area contributed by atoms with Crippen LogP contribution in [0.2, 0.25) is 0 Å². The summed E-state index contributed by atoms with van der Waals surface area (Å²) in [6, 6.07) is -0.259. The molecule has 0 aliphatic rings. The van der Waals surface area contributed by atoms with Gasteiger partial charge in [0.15, 0.2) is 0 Å². The Hall–Kier alpha value is -0.610. The van der Waals surface area contributed by atoms with Crippen molar-refractivity contribution in [3.63, 3.8) is 0 Å². The van der Waals surface area contributed by atoms with Gasteiger partial charge in [0.05, 0.1) is 0 Å². The second-order valence-corrected chi connectivity index (χ2v) is 3.13. The lowest BCUT2D eigenvalue weighted by Crippen LogP contribution is -2.34. The SMILES string of the molecule is CC(N)CCCNC(C)C(=O)O. The molecule has 0 bridgehead atoms. The smallest absolute Gasteiger partial charge is 0.320 e. The normalized spacial score (nSPS) is 15.6. The van der Waals surface area contributed by atoms with E-state index >= 15 is 0 Å². The van der Waals surface area contributed by atoms with Crippen molar-refractivity contribution < 1.29 is 9.90 Å². The van der Waals surface area contributed by atoms with Gasteiger partial charge in [-0.2, -0.15) is 0 Å². The molecule has 0 saturated carbocycles. The minimum Gasteiger partial charge on any atom is -0.480 e. The first-order valence-electron chi connectivity index (χ1n) is 4.25. The van der Waals surface area contributed by atoms with E-state index in [4.69, 9.17) is 10.8 Å². The van der Waals surface area contributed by atoms with Gasteiger partial charge in [0, 0.05) is 6.04 Å². The van der Waals surface area contributed by atoms with Gasteiger partial charge in [-0.05, 0) is 33.2 Å². The summed E-state index contributed by atoms with van der Waals surface area (Å²) in [5, 5.41) is 11.4. The monoisotopic (exact) mass is 174 g/mol. The van der Waals surface area contributed by atoms with Crippen LogP contribution in [0.1, 0.15) is 26.7 Å². The third-order valence-corrected chi connectivity index (χ3v) is 1.66. The summed E-state index contributed by atoms with van der Waals surface area (Å²) in [5.41, 5.74) is 5.52. The Morgan fingerprint density at radius 1 is 1.58 bits per heavy atom. The van der Waals surface area contributed by atoms with Crippen LogP contribution < -0.4 is 11.1 Å². The van der Waals surface area contributed by atoms with Crippen LogP contribution in [-0.4, -0.2) is 29.7 Å². The van der Waals surface area contributed by atoms with Crippen molar-refractivity contribution >= 4 is 5.97 Å². The predicted molar refractivity (Wildman–Crippen MR) is 48.0 cm³/mol. The fourth-order valence-corrected chi connectivity index (χ4v) is 0.830. The molecule has 4 N–H and O–H groups in total. The molecule has 0 fully saturated rings. The number of hydrogen-bond donors (Lipinski definition) is 3. The Labute approximate surface area is 73.1 Å². The van der Waals surface area contributed by atoms with E-state index < -0.39 is 12.0 Å². The van der Waals surface area contributed by atoms with Crippen molar-refractivity contribution in [3.05, 3.63) is 0 Å². The number of nitrogens with two attached hydrogens (primary N) is 1. The zero-order chi connectivity index (χ0) is 9.56. The van der Waals surface area contributed by atoms with E-state index in [1.54, 1.807) is 6.92 Å². The number of hydrogen-bond acceptors (Lipinski definition) is 3. The van der Waals surface area contributed by atoms with Gasteiger partial charge in [0.2, 0.25) is 0 Å².